The molecule has 15 heavy (non-hydrogen) atoms. The maximum Gasteiger partial charge on any atom is 0.0414 e. The fraction of sp³-hybridized carbons (Fsp3) is 0.636. The first kappa shape index (κ1) is 11.6. The van der Waals surface area contributed by atoms with E-state index in [-0.39, 0.29) is 0 Å². The van der Waals surface area contributed by atoms with Gasteiger partial charge in [-0.1, -0.05) is 0 Å². The lowest BCUT2D eigenvalue weighted by atomic mass is 10.1. The normalized spacial score (nSPS) is 25.4. The molecule has 2 heterocycles. The summed E-state index contributed by atoms with van der Waals surface area (Å²) < 4.78 is 1.21. The van der Waals surface area contributed by atoms with Crippen molar-refractivity contribution in [2.45, 2.75) is 25.9 Å². The van der Waals surface area contributed by atoms with Crippen LogP contribution < -0.4 is 5.32 Å². The fourth-order valence-electron chi connectivity index (χ4n) is 2.04. The van der Waals surface area contributed by atoms with Crippen LogP contribution in [-0.2, 0) is 0 Å². The molecule has 2 unspecified atom stereocenters. The molecule has 1 saturated heterocycles. The SMILES string of the molecule is CC1CN(C(C)c2cc(Br)cs2)CCN1. The second-order valence-corrected chi connectivity index (χ2v) is 6.05. The van der Waals surface area contributed by atoms with Crippen LogP contribution in [0.2, 0.25) is 0 Å². The van der Waals surface area contributed by atoms with Crippen molar-refractivity contribution in [3.63, 3.8) is 0 Å². The zero-order valence-corrected chi connectivity index (χ0v) is 11.6. The van der Waals surface area contributed by atoms with Crippen LogP contribution in [0, 0.1) is 0 Å². The van der Waals surface area contributed by atoms with Gasteiger partial charge in [-0.3, -0.25) is 4.90 Å². The van der Waals surface area contributed by atoms with Crippen molar-refractivity contribution in [1.82, 2.24) is 10.2 Å². The highest BCUT2D eigenvalue weighted by molar-refractivity contribution is 9.10. The Balaban J connectivity index is 2.03. The highest BCUT2D eigenvalue weighted by Gasteiger charge is 2.22. The van der Waals surface area contributed by atoms with Gasteiger partial charge in [-0.2, -0.15) is 0 Å². The van der Waals surface area contributed by atoms with Crippen molar-refractivity contribution in [3.05, 3.63) is 20.8 Å². The quantitative estimate of drug-likeness (QED) is 0.900. The van der Waals surface area contributed by atoms with Crippen LogP contribution in [0.25, 0.3) is 0 Å². The summed E-state index contributed by atoms with van der Waals surface area (Å²) in [6, 6.07) is 3.40. The van der Waals surface area contributed by atoms with Crippen molar-refractivity contribution < 1.29 is 0 Å². The van der Waals surface area contributed by atoms with E-state index in [0.29, 0.717) is 12.1 Å². The van der Waals surface area contributed by atoms with E-state index in [1.807, 2.05) is 11.3 Å². The van der Waals surface area contributed by atoms with Crippen LogP contribution >= 0.6 is 27.3 Å². The van der Waals surface area contributed by atoms with Gasteiger partial charge in [-0.25, -0.2) is 0 Å². The van der Waals surface area contributed by atoms with E-state index in [9.17, 15) is 0 Å². The number of nitrogens with one attached hydrogen (secondary N) is 1. The van der Waals surface area contributed by atoms with Crippen LogP contribution in [0.15, 0.2) is 15.9 Å². The maximum absolute atomic E-state index is 3.52. The molecule has 84 valence electrons. The molecule has 2 rings (SSSR count). The minimum Gasteiger partial charge on any atom is -0.312 e. The van der Waals surface area contributed by atoms with E-state index >= 15 is 0 Å². The van der Waals surface area contributed by atoms with Crippen molar-refractivity contribution >= 4 is 27.3 Å². The van der Waals surface area contributed by atoms with Crippen molar-refractivity contribution in [3.8, 4) is 0 Å². The van der Waals surface area contributed by atoms with E-state index < -0.39 is 0 Å². The van der Waals surface area contributed by atoms with Gasteiger partial charge in [-0.05, 0) is 35.8 Å². The highest BCUT2D eigenvalue weighted by Crippen LogP contribution is 2.29. The minimum absolute atomic E-state index is 0.547. The highest BCUT2D eigenvalue weighted by atomic mass is 79.9. The van der Waals surface area contributed by atoms with E-state index in [1.54, 1.807) is 0 Å². The third-order valence-electron chi connectivity index (χ3n) is 2.95. The van der Waals surface area contributed by atoms with Crippen molar-refractivity contribution in [1.29, 1.82) is 0 Å². The number of thiophene rings is 1. The molecular weight excluding hydrogens is 272 g/mol. The third-order valence-corrected chi connectivity index (χ3v) is 4.81. The summed E-state index contributed by atoms with van der Waals surface area (Å²) in [6.45, 7) is 7.97. The molecule has 1 fully saturated rings. The second-order valence-electron chi connectivity index (χ2n) is 4.19. The van der Waals surface area contributed by atoms with Crippen LogP contribution in [0.1, 0.15) is 24.8 Å². The largest absolute Gasteiger partial charge is 0.312 e. The Morgan fingerprint density at radius 2 is 2.47 bits per heavy atom. The summed E-state index contributed by atoms with van der Waals surface area (Å²) in [4.78, 5) is 4.01. The lowest BCUT2D eigenvalue weighted by Gasteiger charge is -2.35. The molecule has 1 aromatic rings. The van der Waals surface area contributed by atoms with Gasteiger partial charge in [-0.15, -0.1) is 11.3 Å². The molecule has 0 saturated carbocycles. The maximum atomic E-state index is 3.52. The molecule has 0 amide bonds. The lowest BCUT2D eigenvalue weighted by molar-refractivity contribution is 0.161. The Morgan fingerprint density at radius 1 is 1.67 bits per heavy atom. The molecule has 0 radical (unpaired) electrons. The Kier molecular flexibility index (Phi) is 3.83. The van der Waals surface area contributed by atoms with Crippen LogP contribution in [0.3, 0.4) is 0 Å². The van der Waals surface area contributed by atoms with E-state index in [1.165, 1.54) is 9.35 Å². The number of nitrogens with zero attached hydrogens (tertiary/aromatic N) is 1. The number of rotatable bonds is 2. The Labute approximate surface area is 104 Å². The zero-order chi connectivity index (χ0) is 10.8. The topological polar surface area (TPSA) is 15.3 Å². The van der Waals surface area contributed by atoms with Gasteiger partial charge in [0.1, 0.15) is 0 Å². The van der Waals surface area contributed by atoms with Gasteiger partial charge in [0.25, 0.3) is 0 Å². The summed E-state index contributed by atoms with van der Waals surface area (Å²) in [5.41, 5.74) is 0. The van der Waals surface area contributed by atoms with Crippen LogP contribution in [0.4, 0.5) is 0 Å². The van der Waals surface area contributed by atoms with Gasteiger partial charge in [0.05, 0.1) is 0 Å². The molecule has 0 aromatic carbocycles. The van der Waals surface area contributed by atoms with Gasteiger partial charge in [0.15, 0.2) is 0 Å². The standard InChI is InChI=1S/C11H17BrN2S/c1-8-6-14(4-3-13-8)9(2)11-5-10(12)7-15-11/h5,7-9,13H,3-4,6H2,1-2H3. The first-order valence-electron chi connectivity index (χ1n) is 5.38. The van der Waals surface area contributed by atoms with Gasteiger partial charge in [0, 0.05) is 46.4 Å². The summed E-state index contributed by atoms with van der Waals surface area (Å²) in [7, 11) is 0. The molecule has 0 bridgehead atoms. The Morgan fingerprint density at radius 3 is 3.07 bits per heavy atom. The van der Waals surface area contributed by atoms with Gasteiger partial charge in [0.2, 0.25) is 0 Å². The number of hydrogen-bond donors (Lipinski definition) is 1. The molecule has 0 spiro atoms. The molecule has 1 aliphatic rings. The van der Waals surface area contributed by atoms with Crippen LogP contribution in [-0.4, -0.2) is 30.6 Å². The van der Waals surface area contributed by atoms with E-state index in [0.717, 1.165) is 19.6 Å². The molecule has 0 aliphatic carbocycles. The fourth-order valence-corrected chi connectivity index (χ4v) is 3.58. The minimum atomic E-state index is 0.547. The molecule has 1 aromatic heterocycles. The smallest absolute Gasteiger partial charge is 0.0414 e. The average molecular weight is 289 g/mol. The molecular formula is C11H17BrN2S. The Bertz CT molecular complexity index is 326. The molecule has 1 aliphatic heterocycles. The van der Waals surface area contributed by atoms with Gasteiger partial charge >= 0.3 is 0 Å². The van der Waals surface area contributed by atoms with Crippen molar-refractivity contribution in [2.75, 3.05) is 19.6 Å². The first-order chi connectivity index (χ1) is 7.16. The summed E-state index contributed by atoms with van der Waals surface area (Å²) in [6.07, 6.45) is 0. The number of piperazine rings is 1. The molecule has 2 atom stereocenters. The van der Waals surface area contributed by atoms with E-state index in [4.69, 9.17) is 0 Å². The summed E-state index contributed by atoms with van der Waals surface area (Å²) >= 11 is 5.36. The summed E-state index contributed by atoms with van der Waals surface area (Å²) in [5.74, 6) is 0. The predicted molar refractivity (Wildman–Crippen MR) is 69.5 cm³/mol. The van der Waals surface area contributed by atoms with Crippen LogP contribution in [0.5, 0.6) is 0 Å². The molecule has 2 nitrogen and oxygen atoms in total. The lowest BCUT2D eigenvalue weighted by Crippen LogP contribution is -2.49. The molecule has 4 heteroatoms. The number of halogens is 1. The third kappa shape index (κ3) is 2.81. The molecule has 1 N–H and O–H groups in total. The van der Waals surface area contributed by atoms with Gasteiger partial charge < -0.3 is 5.32 Å². The monoisotopic (exact) mass is 288 g/mol. The van der Waals surface area contributed by atoms with Crippen molar-refractivity contribution in [2.24, 2.45) is 0 Å². The second kappa shape index (κ2) is 4.95. The Hall–Kier alpha value is 0.1000. The average Bonchev–Trinajstić information content (AvgIpc) is 2.64. The number of hydrogen-bond acceptors (Lipinski definition) is 3. The zero-order valence-electron chi connectivity index (χ0n) is 9.16. The van der Waals surface area contributed by atoms with E-state index in [2.05, 4.69) is 51.4 Å². The predicted octanol–water partition coefficient (Wildman–Crippen LogP) is 2.87. The first-order valence-corrected chi connectivity index (χ1v) is 7.05. The summed E-state index contributed by atoms with van der Waals surface area (Å²) in [5, 5.41) is 5.64.